The Balaban J connectivity index is 1.49. The maximum Gasteiger partial charge on any atom is 0.309 e. The zero-order valence-corrected chi connectivity index (χ0v) is 14.0. The lowest BCUT2D eigenvalue weighted by atomic mass is 9.97. The molecule has 0 bridgehead atoms. The van der Waals surface area contributed by atoms with Gasteiger partial charge in [-0.1, -0.05) is 12.1 Å². The second kappa shape index (κ2) is 7.81. The number of nitro groups is 1. The molecule has 0 saturated carbocycles. The van der Waals surface area contributed by atoms with Crippen LogP contribution in [0.5, 0.6) is 0 Å². The highest BCUT2D eigenvalue weighted by molar-refractivity contribution is 5.91. The van der Waals surface area contributed by atoms with E-state index in [1.165, 1.54) is 18.4 Å². The molecular formula is C18H18N2O6. The van der Waals surface area contributed by atoms with Crippen LogP contribution in [-0.2, 0) is 16.1 Å². The van der Waals surface area contributed by atoms with Crippen molar-refractivity contribution in [3.63, 3.8) is 0 Å². The molecule has 1 amide bonds. The first-order valence-corrected chi connectivity index (χ1v) is 8.27. The number of ether oxygens (including phenoxy) is 1. The average molecular weight is 358 g/mol. The molecular weight excluding hydrogens is 340 g/mol. The van der Waals surface area contributed by atoms with Gasteiger partial charge in [-0.2, -0.15) is 0 Å². The maximum atomic E-state index is 12.2. The number of rotatable bonds is 5. The van der Waals surface area contributed by atoms with E-state index in [9.17, 15) is 19.7 Å². The predicted octanol–water partition coefficient (Wildman–Crippen LogP) is 2.78. The lowest BCUT2D eigenvalue weighted by Gasteiger charge is -2.30. The fourth-order valence-electron chi connectivity index (χ4n) is 2.91. The Labute approximate surface area is 149 Å². The number of carbonyl (C=O) groups is 2. The number of hydrogen-bond donors (Lipinski definition) is 0. The molecule has 0 radical (unpaired) electrons. The molecule has 1 fully saturated rings. The van der Waals surface area contributed by atoms with Gasteiger partial charge >= 0.3 is 5.97 Å². The molecule has 1 aliphatic rings. The van der Waals surface area contributed by atoms with Gasteiger partial charge in [0.2, 0.25) is 0 Å². The molecule has 0 unspecified atom stereocenters. The van der Waals surface area contributed by atoms with E-state index in [1.54, 1.807) is 29.2 Å². The summed E-state index contributed by atoms with van der Waals surface area (Å²) < 4.78 is 10.4. The molecule has 0 spiro atoms. The quantitative estimate of drug-likeness (QED) is 0.462. The number of benzene rings is 1. The van der Waals surface area contributed by atoms with Crippen LogP contribution in [0.2, 0.25) is 0 Å². The molecule has 8 heteroatoms. The number of nitrogens with zero attached hydrogens (tertiary/aromatic N) is 2. The van der Waals surface area contributed by atoms with E-state index >= 15 is 0 Å². The molecule has 0 aliphatic carbocycles. The van der Waals surface area contributed by atoms with Crippen molar-refractivity contribution in [3.8, 4) is 0 Å². The molecule has 8 nitrogen and oxygen atoms in total. The van der Waals surface area contributed by atoms with Crippen molar-refractivity contribution in [2.45, 2.75) is 19.4 Å². The largest absolute Gasteiger partial charge is 0.461 e. The fraction of sp³-hybridized carbons (Fsp3) is 0.333. The SMILES string of the molecule is O=C(OCc1cccc([N+](=O)[O-])c1)C1CCN(C(=O)c2ccco2)CC1. The van der Waals surface area contributed by atoms with Crippen LogP contribution in [0, 0.1) is 16.0 Å². The van der Waals surface area contributed by atoms with Crippen LogP contribution in [-0.4, -0.2) is 34.8 Å². The van der Waals surface area contributed by atoms with Crippen molar-refractivity contribution in [1.82, 2.24) is 4.90 Å². The van der Waals surface area contributed by atoms with Gasteiger partial charge in [0.1, 0.15) is 6.61 Å². The van der Waals surface area contributed by atoms with E-state index in [0.29, 0.717) is 31.5 Å². The van der Waals surface area contributed by atoms with Crippen molar-refractivity contribution < 1.29 is 23.7 Å². The van der Waals surface area contributed by atoms with Crippen LogP contribution >= 0.6 is 0 Å². The molecule has 136 valence electrons. The summed E-state index contributed by atoms with van der Waals surface area (Å²) in [6, 6.07) is 9.27. The summed E-state index contributed by atoms with van der Waals surface area (Å²) in [5.41, 5.74) is 0.529. The molecule has 3 rings (SSSR count). The standard InChI is InChI=1S/C18H18N2O6/c21-17(16-5-2-10-25-16)19-8-6-14(7-9-19)18(22)26-12-13-3-1-4-15(11-13)20(23)24/h1-5,10-11,14H,6-9,12H2. The van der Waals surface area contributed by atoms with E-state index in [2.05, 4.69) is 0 Å². The normalized spacial score (nSPS) is 14.8. The van der Waals surface area contributed by atoms with E-state index in [-0.39, 0.29) is 35.8 Å². The Hall–Kier alpha value is -3.16. The molecule has 1 saturated heterocycles. The lowest BCUT2D eigenvalue weighted by molar-refractivity contribution is -0.384. The van der Waals surface area contributed by atoms with E-state index < -0.39 is 4.92 Å². The van der Waals surface area contributed by atoms with Gasteiger partial charge in [-0.3, -0.25) is 19.7 Å². The summed E-state index contributed by atoms with van der Waals surface area (Å²) in [5, 5.41) is 10.8. The van der Waals surface area contributed by atoms with Crippen LogP contribution in [0.1, 0.15) is 29.0 Å². The van der Waals surface area contributed by atoms with Gasteiger partial charge in [0, 0.05) is 25.2 Å². The Morgan fingerprint density at radius 2 is 2.00 bits per heavy atom. The smallest absolute Gasteiger partial charge is 0.309 e. The van der Waals surface area contributed by atoms with Crippen LogP contribution in [0.3, 0.4) is 0 Å². The van der Waals surface area contributed by atoms with E-state index in [4.69, 9.17) is 9.15 Å². The van der Waals surface area contributed by atoms with Gasteiger partial charge in [0.05, 0.1) is 17.1 Å². The second-order valence-electron chi connectivity index (χ2n) is 6.08. The lowest BCUT2D eigenvalue weighted by Crippen LogP contribution is -2.40. The third-order valence-electron chi connectivity index (χ3n) is 4.35. The van der Waals surface area contributed by atoms with Crippen LogP contribution < -0.4 is 0 Å². The summed E-state index contributed by atoms with van der Waals surface area (Å²) >= 11 is 0. The summed E-state index contributed by atoms with van der Waals surface area (Å²) in [5.74, 6) is -0.522. The Kier molecular flexibility index (Phi) is 5.31. The number of carbonyl (C=O) groups excluding carboxylic acids is 2. The van der Waals surface area contributed by atoms with Gasteiger partial charge in [0.25, 0.3) is 11.6 Å². The van der Waals surface area contributed by atoms with Crippen molar-refractivity contribution in [3.05, 3.63) is 64.1 Å². The Morgan fingerprint density at radius 3 is 2.65 bits per heavy atom. The zero-order chi connectivity index (χ0) is 18.5. The highest BCUT2D eigenvalue weighted by Crippen LogP contribution is 2.21. The predicted molar refractivity (Wildman–Crippen MR) is 90.2 cm³/mol. The van der Waals surface area contributed by atoms with Crippen LogP contribution in [0.15, 0.2) is 47.1 Å². The molecule has 0 N–H and O–H groups in total. The van der Waals surface area contributed by atoms with Crippen molar-refractivity contribution in [2.75, 3.05) is 13.1 Å². The first-order valence-electron chi connectivity index (χ1n) is 8.27. The minimum Gasteiger partial charge on any atom is -0.461 e. The third kappa shape index (κ3) is 4.08. The summed E-state index contributed by atoms with van der Waals surface area (Å²) in [7, 11) is 0. The highest BCUT2D eigenvalue weighted by atomic mass is 16.6. The van der Waals surface area contributed by atoms with Crippen molar-refractivity contribution in [2.24, 2.45) is 5.92 Å². The summed E-state index contributed by atoms with van der Waals surface area (Å²) in [4.78, 5) is 36.3. The monoisotopic (exact) mass is 358 g/mol. The summed E-state index contributed by atoms with van der Waals surface area (Å²) in [6.07, 6.45) is 2.48. The summed E-state index contributed by atoms with van der Waals surface area (Å²) in [6.45, 7) is 0.901. The molecule has 2 heterocycles. The number of likely N-dealkylation sites (tertiary alicyclic amines) is 1. The van der Waals surface area contributed by atoms with Gasteiger partial charge < -0.3 is 14.1 Å². The number of hydrogen-bond acceptors (Lipinski definition) is 6. The molecule has 2 aromatic rings. The fourth-order valence-corrected chi connectivity index (χ4v) is 2.91. The molecule has 1 aromatic carbocycles. The van der Waals surface area contributed by atoms with Gasteiger partial charge in [-0.15, -0.1) is 0 Å². The maximum absolute atomic E-state index is 12.2. The number of furan rings is 1. The number of amides is 1. The molecule has 26 heavy (non-hydrogen) atoms. The first-order chi connectivity index (χ1) is 12.5. The Morgan fingerprint density at radius 1 is 1.23 bits per heavy atom. The highest BCUT2D eigenvalue weighted by Gasteiger charge is 2.29. The van der Waals surface area contributed by atoms with E-state index in [0.717, 1.165) is 0 Å². The van der Waals surface area contributed by atoms with Gasteiger partial charge in [-0.25, -0.2) is 0 Å². The first kappa shape index (κ1) is 17.7. The van der Waals surface area contributed by atoms with Crippen molar-refractivity contribution >= 4 is 17.6 Å². The third-order valence-corrected chi connectivity index (χ3v) is 4.35. The molecule has 1 aliphatic heterocycles. The van der Waals surface area contributed by atoms with Crippen LogP contribution in [0.25, 0.3) is 0 Å². The van der Waals surface area contributed by atoms with Gasteiger partial charge in [-0.05, 0) is 30.5 Å². The minimum atomic E-state index is -0.489. The van der Waals surface area contributed by atoms with Gasteiger partial charge in [0.15, 0.2) is 5.76 Å². The zero-order valence-electron chi connectivity index (χ0n) is 14.0. The average Bonchev–Trinajstić information content (AvgIpc) is 3.20. The second-order valence-corrected chi connectivity index (χ2v) is 6.08. The molecule has 0 atom stereocenters. The number of non-ortho nitro benzene ring substituents is 1. The van der Waals surface area contributed by atoms with Crippen LogP contribution in [0.4, 0.5) is 5.69 Å². The Bertz CT molecular complexity index is 794. The molecule has 1 aromatic heterocycles. The van der Waals surface area contributed by atoms with Crippen molar-refractivity contribution in [1.29, 1.82) is 0 Å². The number of piperidine rings is 1. The number of nitro benzene ring substituents is 1. The van der Waals surface area contributed by atoms with E-state index in [1.807, 2.05) is 0 Å². The number of esters is 1. The minimum absolute atomic E-state index is 0.00788. The topological polar surface area (TPSA) is 103 Å².